The number of fused-ring (bicyclic) bond motifs is 1. The van der Waals surface area contributed by atoms with E-state index in [1.165, 1.54) is 0 Å². The number of epoxide rings is 1. The molecule has 1 heterocycles. The average molecular weight is 468 g/mol. The lowest BCUT2D eigenvalue weighted by Gasteiger charge is -2.27. The molecule has 1 aromatic rings. The highest BCUT2D eigenvalue weighted by Crippen LogP contribution is 2.30. The number of ketones is 1. The van der Waals surface area contributed by atoms with Crippen molar-refractivity contribution in [1.82, 2.24) is 10.6 Å². The van der Waals surface area contributed by atoms with E-state index in [-0.39, 0.29) is 18.9 Å². The summed E-state index contributed by atoms with van der Waals surface area (Å²) in [4.78, 5) is 38.3. The van der Waals surface area contributed by atoms with Gasteiger partial charge in [-0.3, -0.25) is 14.4 Å². The Morgan fingerprint density at radius 3 is 2.30 bits per heavy atom. The molecule has 0 bridgehead atoms. The molecular weight excluding hydrogens is 438 g/mol. The fourth-order valence-electron chi connectivity index (χ4n) is 4.15. The molecule has 1 aliphatic heterocycles. The fourth-order valence-corrected chi connectivity index (χ4v) is 4.15. The van der Waals surface area contributed by atoms with E-state index < -0.39 is 66.0 Å². The number of aryl methyl sites for hydroxylation is 1. The van der Waals surface area contributed by atoms with Gasteiger partial charge in [-0.25, -0.2) is 8.78 Å². The van der Waals surface area contributed by atoms with Gasteiger partial charge in [0.15, 0.2) is 23.0 Å². The van der Waals surface area contributed by atoms with E-state index in [2.05, 4.69) is 10.6 Å². The van der Waals surface area contributed by atoms with Crippen molar-refractivity contribution < 1.29 is 38.1 Å². The van der Waals surface area contributed by atoms with Crippen molar-refractivity contribution >= 4 is 17.6 Å². The number of hydrogen-bond donors (Lipinski definition) is 4. The predicted molar refractivity (Wildman–Crippen MR) is 113 cm³/mol. The number of ether oxygens (including phenoxy) is 1. The van der Waals surface area contributed by atoms with Crippen LogP contribution in [0.4, 0.5) is 8.78 Å². The zero-order valence-electron chi connectivity index (χ0n) is 18.7. The van der Waals surface area contributed by atoms with Crippen LogP contribution in [0.25, 0.3) is 0 Å². The molecule has 2 aliphatic rings. The van der Waals surface area contributed by atoms with Crippen LogP contribution in [0.2, 0.25) is 0 Å². The molecule has 10 heteroatoms. The summed E-state index contributed by atoms with van der Waals surface area (Å²) in [6.07, 6.45) is 1.25. The Bertz CT molecular complexity index is 918. The monoisotopic (exact) mass is 468 g/mol. The first-order chi connectivity index (χ1) is 15.6. The number of benzene rings is 1. The van der Waals surface area contributed by atoms with Gasteiger partial charge in [0.1, 0.15) is 6.04 Å². The van der Waals surface area contributed by atoms with Gasteiger partial charge in [0, 0.05) is 5.92 Å². The minimum atomic E-state index is -1.31. The largest absolute Gasteiger partial charge is 0.394 e. The molecule has 0 saturated carbocycles. The van der Waals surface area contributed by atoms with Crippen LogP contribution in [0.5, 0.6) is 0 Å². The highest BCUT2D eigenvalue weighted by atomic mass is 19.2. The van der Waals surface area contributed by atoms with Crippen LogP contribution in [0, 0.1) is 23.5 Å². The van der Waals surface area contributed by atoms with Crippen LogP contribution in [0.3, 0.4) is 0 Å². The van der Waals surface area contributed by atoms with Crippen LogP contribution < -0.4 is 10.6 Å². The van der Waals surface area contributed by atoms with Gasteiger partial charge >= 0.3 is 0 Å². The number of rotatable bonds is 10. The lowest BCUT2D eigenvalue weighted by atomic mass is 9.83. The third-order valence-electron chi connectivity index (χ3n) is 6.19. The van der Waals surface area contributed by atoms with Gasteiger partial charge in [-0.2, -0.15) is 0 Å². The SMILES string of the molecule is CC(C)CC(NC(=O)[C@H](CO)NC(=O)C1CCc2cc(F)c(F)cc2C1)C(=O)C1(CO)CO1. The van der Waals surface area contributed by atoms with E-state index in [0.717, 1.165) is 12.1 Å². The Labute approximate surface area is 190 Å². The molecule has 3 unspecified atom stereocenters. The summed E-state index contributed by atoms with van der Waals surface area (Å²) in [5.41, 5.74) is -0.133. The molecule has 0 radical (unpaired) electrons. The molecule has 0 spiro atoms. The van der Waals surface area contributed by atoms with Crippen molar-refractivity contribution in [3.8, 4) is 0 Å². The van der Waals surface area contributed by atoms with Crippen molar-refractivity contribution in [3.63, 3.8) is 0 Å². The fraction of sp³-hybridized carbons (Fsp3) is 0.609. The predicted octanol–water partition coefficient (Wildman–Crippen LogP) is 0.408. The summed E-state index contributed by atoms with van der Waals surface area (Å²) in [5.74, 6) is -4.12. The Hall–Kier alpha value is -2.43. The lowest BCUT2D eigenvalue weighted by Crippen LogP contribution is -2.56. The quantitative estimate of drug-likeness (QED) is 0.368. The number of halogens is 2. The summed E-state index contributed by atoms with van der Waals surface area (Å²) < 4.78 is 32.1. The maximum atomic E-state index is 13.6. The molecule has 1 aromatic carbocycles. The van der Waals surface area contributed by atoms with E-state index in [1.807, 2.05) is 13.8 Å². The van der Waals surface area contributed by atoms with Gasteiger partial charge in [0.05, 0.1) is 25.9 Å². The van der Waals surface area contributed by atoms with Crippen molar-refractivity contribution in [1.29, 1.82) is 0 Å². The number of carbonyl (C=O) groups is 3. The average Bonchev–Trinajstić information content (AvgIpc) is 3.57. The van der Waals surface area contributed by atoms with Crippen LogP contribution in [-0.2, 0) is 32.0 Å². The molecule has 4 N–H and O–H groups in total. The number of Topliss-reactive ketones (excluding diaryl/α,β-unsaturated/α-hetero) is 1. The Morgan fingerprint density at radius 2 is 1.76 bits per heavy atom. The second-order valence-electron chi connectivity index (χ2n) is 9.21. The highest BCUT2D eigenvalue weighted by Gasteiger charge is 2.54. The van der Waals surface area contributed by atoms with E-state index in [0.29, 0.717) is 30.4 Å². The van der Waals surface area contributed by atoms with Crippen LogP contribution >= 0.6 is 0 Å². The number of amides is 2. The van der Waals surface area contributed by atoms with Gasteiger partial charge in [-0.05, 0) is 54.9 Å². The van der Waals surface area contributed by atoms with Crippen LogP contribution in [-0.4, -0.2) is 65.3 Å². The van der Waals surface area contributed by atoms with E-state index in [1.54, 1.807) is 0 Å². The molecule has 33 heavy (non-hydrogen) atoms. The molecule has 182 valence electrons. The number of aliphatic hydroxyl groups excluding tert-OH is 2. The Kier molecular flexibility index (Phi) is 7.81. The molecule has 1 saturated heterocycles. The first kappa shape index (κ1) is 25.2. The van der Waals surface area contributed by atoms with Gasteiger partial charge < -0.3 is 25.6 Å². The summed E-state index contributed by atoms with van der Waals surface area (Å²) in [6, 6.07) is -0.0226. The van der Waals surface area contributed by atoms with Crippen LogP contribution in [0.1, 0.15) is 37.8 Å². The van der Waals surface area contributed by atoms with E-state index >= 15 is 0 Å². The van der Waals surface area contributed by atoms with Gasteiger partial charge in [0.2, 0.25) is 11.8 Å². The minimum Gasteiger partial charge on any atom is -0.394 e. The second-order valence-corrected chi connectivity index (χ2v) is 9.21. The van der Waals surface area contributed by atoms with Crippen molar-refractivity contribution in [2.24, 2.45) is 11.8 Å². The molecule has 4 atom stereocenters. The van der Waals surface area contributed by atoms with Crippen LogP contribution in [0.15, 0.2) is 12.1 Å². The number of nitrogens with one attached hydrogen (secondary N) is 2. The number of carbonyl (C=O) groups excluding carboxylic acids is 3. The molecular formula is C23H30F2N2O6. The first-order valence-corrected chi connectivity index (χ1v) is 11.1. The Balaban J connectivity index is 1.64. The van der Waals surface area contributed by atoms with Crippen molar-refractivity contribution in [2.75, 3.05) is 19.8 Å². The third kappa shape index (κ3) is 5.74. The number of hydrogen-bond acceptors (Lipinski definition) is 6. The third-order valence-corrected chi connectivity index (χ3v) is 6.19. The maximum Gasteiger partial charge on any atom is 0.245 e. The van der Waals surface area contributed by atoms with E-state index in [4.69, 9.17) is 4.74 Å². The standard InChI is InChI=1S/C23H30F2N2O6/c1-12(2)5-18(20(30)23(10-29)11-33-23)26-22(32)19(9-28)27-21(31)14-4-3-13-7-16(24)17(25)8-15(13)6-14/h7-8,12,14,18-19,28-29H,3-6,9-11H2,1-2H3,(H,26,32)(H,27,31)/t14?,18?,19-,23?/m0/s1. The highest BCUT2D eigenvalue weighted by molar-refractivity contribution is 5.98. The summed E-state index contributed by atoms with van der Waals surface area (Å²) in [6.45, 7) is 2.62. The zero-order valence-corrected chi connectivity index (χ0v) is 18.7. The van der Waals surface area contributed by atoms with Gasteiger partial charge in [0.25, 0.3) is 0 Å². The summed E-state index contributed by atoms with van der Waals surface area (Å²) >= 11 is 0. The molecule has 2 amide bonds. The maximum absolute atomic E-state index is 13.6. The molecule has 1 aliphatic carbocycles. The second kappa shape index (κ2) is 10.2. The zero-order chi connectivity index (χ0) is 24.3. The lowest BCUT2D eigenvalue weighted by molar-refractivity contribution is -0.135. The molecule has 3 rings (SSSR count). The Morgan fingerprint density at radius 1 is 1.12 bits per heavy atom. The summed E-state index contributed by atoms with van der Waals surface area (Å²) in [5, 5.41) is 24.2. The van der Waals surface area contributed by atoms with Crippen molar-refractivity contribution in [3.05, 3.63) is 34.9 Å². The molecule has 0 aromatic heterocycles. The molecule has 8 nitrogen and oxygen atoms in total. The topological polar surface area (TPSA) is 128 Å². The summed E-state index contributed by atoms with van der Waals surface area (Å²) in [7, 11) is 0. The smallest absolute Gasteiger partial charge is 0.245 e. The van der Waals surface area contributed by atoms with E-state index in [9.17, 15) is 33.4 Å². The first-order valence-electron chi connectivity index (χ1n) is 11.1. The van der Waals surface area contributed by atoms with Gasteiger partial charge in [-0.15, -0.1) is 0 Å². The van der Waals surface area contributed by atoms with Gasteiger partial charge in [-0.1, -0.05) is 13.8 Å². The minimum absolute atomic E-state index is 0.0449. The number of aliphatic hydroxyl groups is 2. The van der Waals surface area contributed by atoms with Crippen molar-refractivity contribution in [2.45, 2.75) is 57.2 Å². The molecule has 1 fully saturated rings. The normalized spacial score (nSPS) is 23.4.